The van der Waals surface area contributed by atoms with Crippen LogP contribution in [0.25, 0.3) is 10.9 Å². The third-order valence-electron chi connectivity index (χ3n) is 4.39. The molecule has 7 heteroatoms. The molecule has 1 heterocycles. The molecule has 0 saturated carbocycles. The Kier molecular flexibility index (Phi) is 5.39. The van der Waals surface area contributed by atoms with Crippen molar-refractivity contribution in [3.05, 3.63) is 64.6 Å². The van der Waals surface area contributed by atoms with Crippen molar-refractivity contribution in [2.75, 3.05) is 13.2 Å². The number of fused-ring (bicyclic) bond motifs is 1. The number of benzene rings is 2. The molecule has 3 aromatic rings. The zero-order chi connectivity index (χ0) is 19.6. The van der Waals surface area contributed by atoms with Crippen molar-refractivity contribution >= 4 is 16.8 Å². The Morgan fingerprint density at radius 1 is 1.07 bits per heavy atom. The average Bonchev–Trinajstić information content (AvgIpc) is 2.97. The van der Waals surface area contributed by atoms with Gasteiger partial charge in [0.2, 0.25) is 0 Å². The van der Waals surface area contributed by atoms with E-state index < -0.39 is 11.6 Å². The van der Waals surface area contributed by atoms with Gasteiger partial charge in [-0.2, -0.15) is 0 Å². The van der Waals surface area contributed by atoms with E-state index in [9.17, 15) is 18.0 Å². The molecular formula is C20H19F3N2O2. The van der Waals surface area contributed by atoms with E-state index in [1.54, 1.807) is 6.07 Å². The van der Waals surface area contributed by atoms with Crippen molar-refractivity contribution in [1.82, 2.24) is 10.3 Å². The number of carbonyl (C=O) groups excluding carboxylic acids is 1. The first kappa shape index (κ1) is 18.8. The molecule has 1 amide bonds. The molecule has 0 radical (unpaired) electrons. The van der Waals surface area contributed by atoms with Gasteiger partial charge in [0, 0.05) is 23.7 Å². The van der Waals surface area contributed by atoms with Gasteiger partial charge >= 0.3 is 0 Å². The molecule has 1 aromatic heterocycles. The lowest BCUT2D eigenvalue weighted by molar-refractivity contribution is -0.123. The van der Waals surface area contributed by atoms with E-state index in [2.05, 4.69) is 10.3 Å². The van der Waals surface area contributed by atoms with Gasteiger partial charge in [0.15, 0.2) is 18.2 Å². The van der Waals surface area contributed by atoms with Crippen LogP contribution in [0, 0.1) is 31.3 Å². The predicted octanol–water partition coefficient (Wildman–Crippen LogP) is 3.94. The highest BCUT2D eigenvalue weighted by atomic mass is 19.2. The number of H-pyrrole nitrogens is 1. The summed E-state index contributed by atoms with van der Waals surface area (Å²) in [4.78, 5) is 14.9. The number of halogens is 3. The zero-order valence-electron chi connectivity index (χ0n) is 15.0. The summed E-state index contributed by atoms with van der Waals surface area (Å²) in [5.74, 6) is -2.64. The highest BCUT2D eigenvalue weighted by Gasteiger charge is 2.14. The fourth-order valence-corrected chi connectivity index (χ4v) is 3.05. The van der Waals surface area contributed by atoms with E-state index in [4.69, 9.17) is 4.74 Å². The molecule has 27 heavy (non-hydrogen) atoms. The van der Waals surface area contributed by atoms with Crippen LogP contribution in [0.1, 0.15) is 16.8 Å². The lowest BCUT2D eigenvalue weighted by Gasteiger charge is -2.08. The Bertz CT molecular complexity index is 999. The van der Waals surface area contributed by atoms with Crippen LogP contribution < -0.4 is 10.1 Å². The predicted molar refractivity (Wildman–Crippen MR) is 96.3 cm³/mol. The minimum atomic E-state index is -1.04. The summed E-state index contributed by atoms with van der Waals surface area (Å²) in [6, 6.07) is 6.22. The normalized spacial score (nSPS) is 11.0. The zero-order valence-corrected chi connectivity index (χ0v) is 15.0. The molecule has 4 nitrogen and oxygen atoms in total. The number of hydrogen-bond donors (Lipinski definition) is 2. The van der Waals surface area contributed by atoms with Gasteiger partial charge in [-0.25, -0.2) is 13.2 Å². The van der Waals surface area contributed by atoms with Crippen molar-refractivity contribution in [1.29, 1.82) is 0 Å². The lowest BCUT2D eigenvalue weighted by atomic mass is 10.0. The summed E-state index contributed by atoms with van der Waals surface area (Å²) >= 11 is 0. The summed E-state index contributed by atoms with van der Waals surface area (Å²) in [6.45, 7) is 3.80. The third kappa shape index (κ3) is 4.07. The largest absolute Gasteiger partial charge is 0.484 e. The Morgan fingerprint density at radius 3 is 2.56 bits per heavy atom. The molecule has 0 aliphatic carbocycles. The van der Waals surface area contributed by atoms with Gasteiger partial charge in [-0.15, -0.1) is 0 Å². The van der Waals surface area contributed by atoms with Gasteiger partial charge < -0.3 is 15.0 Å². The first-order valence-corrected chi connectivity index (χ1v) is 8.47. The number of hydrogen-bond acceptors (Lipinski definition) is 2. The Balaban J connectivity index is 1.57. The maximum atomic E-state index is 14.0. The first-order valence-electron chi connectivity index (χ1n) is 8.47. The van der Waals surface area contributed by atoms with Crippen LogP contribution in [0.3, 0.4) is 0 Å². The van der Waals surface area contributed by atoms with E-state index in [0.717, 1.165) is 34.3 Å². The van der Waals surface area contributed by atoms with Gasteiger partial charge in [0.1, 0.15) is 11.6 Å². The number of ether oxygens (including phenoxy) is 1. The van der Waals surface area contributed by atoms with Gasteiger partial charge in [-0.3, -0.25) is 4.79 Å². The van der Waals surface area contributed by atoms with E-state index in [0.29, 0.717) is 18.5 Å². The molecule has 0 spiro atoms. The number of aromatic nitrogens is 1. The fraction of sp³-hybridized carbons (Fsp3) is 0.250. The first-order chi connectivity index (χ1) is 12.9. The SMILES string of the molecule is Cc1[nH]c2c(F)ccc(C)c2c1CCNC(=O)COc1ccc(F)c(F)c1. The molecule has 0 bridgehead atoms. The minimum Gasteiger partial charge on any atom is -0.484 e. The molecule has 0 aliphatic heterocycles. The van der Waals surface area contributed by atoms with Crippen LogP contribution in [0.15, 0.2) is 30.3 Å². The van der Waals surface area contributed by atoms with E-state index in [1.165, 1.54) is 12.1 Å². The monoisotopic (exact) mass is 376 g/mol. The highest BCUT2D eigenvalue weighted by molar-refractivity contribution is 5.88. The number of rotatable bonds is 6. The van der Waals surface area contributed by atoms with Crippen molar-refractivity contribution in [2.24, 2.45) is 0 Å². The molecule has 0 unspecified atom stereocenters. The van der Waals surface area contributed by atoms with Gasteiger partial charge in [0.05, 0.1) is 5.52 Å². The Labute approximate surface area is 154 Å². The molecular weight excluding hydrogens is 357 g/mol. The number of aromatic amines is 1. The van der Waals surface area contributed by atoms with Crippen LogP contribution in [-0.2, 0) is 11.2 Å². The van der Waals surface area contributed by atoms with Crippen LogP contribution in [0.2, 0.25) is 0 Å². The quantitative estimate of drug-likeness (QED) is 0.685. The molecule has 0 saturated heterocycles. The standard InChI is InChI=1S/C20H19F3N2O2/c1-11-3-5-16(22)20-19(11)14(12(2)25-20)7-8-24-18(26)10-27-13-4-6-15(21)17(23)9-13/h3-6,9,25H,7-8,10H2,1-2H3,(H,24,26). The second-order valence-electron chi connectivity index (χ2n) is 6.31. The number of aryl methyl sites for hydroxylation is 2. The third-order valence-corrected chi connectivity index (χ3v) is 4.39. The van der Waals surface area contributed by atoms with E-state index in [-0.39, 0.29) is 24.1 Å². The molecule has 2 aromatic carbocycles. The van der Waals surface area contributed by atoms with Crippen molar-refractivity contribution in [3.8, 4) is 5.75 Å². The van der Waals surface area contributed by atoms with Crippen molar-refractivity contribution in [2.45, 2.75) is 20.3 Å². The summed E-state index contributed by atoms with van der Waals surface area (Å²) in [5, 5.41) is 3.54. The summed E-state index contributed by atoms with van der Waals surface area (Å²) < 4.78 is 45.1. The average molecular weight is 376 g/mol. The maximum Gasteiger partial charge on any atom is 0.257 e. The summed E-state index contributed by atoms with van der Waals surface area (Å²) in [6.07, 6.45) is 0.521. The number of nitrogens with one attached hydrogen (secondary N) is 2. The smallest absolute Gasteiger partial charge is 0.257 e. The Hall–Kier alpha value is -2.96. The molecule has 0 atom stereocenters. The lowest BCUT2D eigenvalue weighted by Crippen LogP contribution is -2.30. The number of carbonyl (C=O) groups is 1. The molecule has 142 valence electrons. The minimum absolute atomic E-state index is 0.0719. The Morgan fingerprint density at radius 2 is 1.81 bits per heavy atom. The molecule has 0 fully saturated rings. The maximum absolute atomic E-state index is 14.0. The van der Waals surface area contributed by atoms with Crippen molar-refractivity contribution in [3.63, 3.8) is 0 Å². The van der Waals surface area contributed by atoms with Crippen molar-refractivity contribution < 1.29 is 22.7 Å². The van der Waals surface area contributed by atoms with Crippen LogP contribution >= 0.6 is 0 Å². The second kappa shape index (κ2) is 7.73. The second-order valence-corrected chi connectivity index (χ2v) is 6.31. The van der Waals surface area contributed by atoms with Crippen LogP contribution in [-0.4, -0.2) is 24.0 Å². The van der Waals surface area contributed by atoms with Gasteiger partial charge in [-0.05, 0) is 49.6 Å². The van der Waals surface area contributed by atoms with E-state index >= 15 is 0 Å². The fourth-order valence-electron chi connectivity index (χ4n) is 3.05. The van der Waals surface area contributed by atoms with Crippen LogP contribution in [0.5, 0.6) is 5.75 Å². The summed E-state index contributed by atoms with van der Waals surface area (Å²) in [7, 11) is 0. The topological polar surface area (TPSA) is 54.1 Å². The highest BCUT2D eigenvalue weighted by Crippen LogP contribution is 2.27. The molecule has 3 rings (SSSR count). The summed E-state index contributed by atoms with van der Waals surface area (Å²) in [5.41, 5.74) is 3.23. The van der Waals surface area contributed by atoms with Crippen LogP contribution in [0.4, 0.5) is 13.2 Å². The number of amides is 1. The van der Waals surface area contributed by atoms with Gasteiger partial charge in [0.25, 0.3) is 5.91 Å². The van der Waals surface area contributed by atoms with E-state index in [1.807, 2.05) is 13.8 Å². The molecule has 2 N–H and O–H groups in total. The van der Waals surface area contributed by atoms with Gasteiger partial charge in [-0.1, -0.05) is 6.07 Å². The molecule has 0 aliphatic rings.